The number of hydrogen-bond donors (Lipinski definition) is 0. The van der Waals surface area contributed by atoms with E-state index in [-0.39, 0.29) is 11.6 Å². The van der Waals surface area contributed by atoms with E-state index in [9.17, 15) is 14.9 Å². The summed E-state index contributed by atoms with van der Waals surface area (Å²) in [5.41, 5.74) is 5.01. The quantitative estimate of drug-likeness (QED) is 0.488. The van der Waals surface area contributed by atoms with Crippen molar-refractivity contribution in [1.29, 1.82) is 0 Å². The Morgan fingerprint density at radius 2 is 1.70 bits per heavy atom. The number of allylic oxidation sites excluding steroid dienone is 2. The van der Waals surface area contributed by atoms with Crippen LogP contribution in [0, 0.1) is 17.0 Å². The molecule has 7 heteroatoms. The molecule has 6 nitrogen and oxygen atoms in total. The number of rotatable bonds is 3. The molecule has 2 aromatic carbocycles. The highest BCUT2D eigenvalue weighted by atomic mass is 35.5. The molecule has 1 aliphatic rings. The average Bonchev–Trinajstić information content (AvgIpc) is 2.99. The van der Waals surface area contributed by atoms with E-state index in [4.69, 9.17) is 11.6 Å². The molecule has 0 saturated carbocycles. The zero-order chi connectivity index (χ0) is 19.1. The van der Waals surface area contributed by atoms with Crippen molar-refractivity contribution in [3.63, 3.8) is 0 Å². The van der Waals surface area contributed by atoms with Gasteiger partial charge in [0, 0.05) is 35.2 Å². The van der Waals surface area contributed by atoms with Crippen LogP contribution in [-0.2, 0) is 6.42 Å². The highest BCUT2D eigenvalue weighted by molar-refractivity contribution is 6.30. The van der Waals surface area contributed by atoms with Gasteiger partial charge in [-0.15, -0.1) is 0 Å². The van der Waals surface area contributed by atoms with Crippen molar-refractivity contribution in [2.75, 3.05) is 0 Å². The lowest BCUT2D eigenvalue weighted by molar-refractivity contribution is -0.384. The summed E-state index contributed by atoms with van der Waals surface area (Å²) in [4.78, 5) is 23.0. The minimum Gasteiger partial charge on any atom is -0.267 e. The molecule has 1 aromatic heterocycles. The highest BCUT2D eigenvalue weighted by Crippen LogP contribution is 2.34. The van der Waals surface area contributed by atoms with Gasteiger partial charge in [0.2, 0.25) is 0 Å². The molecule has 2 heterocycles. The Bertz CT molecular complexity index is 1100. The average molecular weight is 380 g/mol. The van der Waals surface area contributed by atoms with Crippen molar-refractivity contribution in [2.24, 2.45) is 0 Å². The van der Waals surface area contributed by atoms with Crippen LogP contribution >= 0.6 is 11.6 Å². The second kappa shape index (κ2) is 6.48. The minimum absolute atomic E-state index is 0.0178. The van der Waals surface area contributed by atoms with E-state index in [0.29, 0.717) is 11.4 Å². The lowest BCUT2D eigenvalue weighted by Gasteiger charge is -2.16. The van der Waals surface area contributed by atoms with Crippen molar-refractivity contribution < 1.29 is 9.72 Å². The van der Waals surface area contributed by atoms with Crippen LogP contribution in [0.4, 0.5) is 5.69 Å². The Morgan fingerprint density at radius 3 is 2.33 bits per heavy atom. The van der Waals surface area contributed by atoms with E-state index in [0.717, 1.165) is 33.7 Å². The van der Waals surface area contributed by atoms with Gasteiger partial charge < -0.3 is 0 Å². The predicted octanol–water partition coefficient (Wildman–Crippen LogP) is 4.70. The van der Waals surface area contributed by atoms with Gasteiger partial charge >= 0.3 is 0 Å². The zero-order valence-corrected chi connectivity index (χ0v) is 15.1. The molecule has 0 amide bonds. The Kier molecular flexibility index (Phi) is 4.12. The minimum atomic E-state index is -0.443. The van der Waals surface area contributed by atoms with E-state index in [2.05, 4.69) is 5.10 Å². The van der Waals surface area contributed by atoms with Gasteiger partial charge in [-0.05, 0) is 47.9 Å². The largest absolute Gasteiger partial charge is 0.271 e. The number of aryl methyl sites for hydroxylation is 1. The van der Waals surface area contributed by atoms with Crippen LogP contribution in [-0.4, -0.2) is 20.6 Å². The second-order valence-corrected chi connectivity index (χ2v) is 6.75. The molecule has 1 aliphatic heterocycles. The number of carbonyl (C=O) groups excluding carboxylic acids is 1. The molecule has 3 aromatic rings. The predicted molar refractivity (Wildman–Crippen MR) is 103 cm³/mol. The first-order valence-electron chi connectivity index (χ1n) is 8.28. The fraction of sp³-hybridized carbons (Fsp3) is 0.100. The first-order chi connectivity index (χ1) is 12.9. The van der Waals surface area contributed by atoms with E-state index >= 15 is 0 Å². The van der Waals surface area contributed by atoms with E-state index in [1.807, 2.05) is 19.1 Å². The van der Waals surface area contributed by atoms with Gasteiger partial charge in [-0.1, -0.05) is 23.7 Å². The maximum atomic E-state index is 12.6. The lowest BCUT2D eigenvalue weighted by Crippen LogP contribution is -2.19. The molecule has 0 fully saturated rings. The SMILES string of the molecule is Cc1nn2c(c1-c1ccc(Cl)cc1)CC(c1ccc([N+](=O)[O-])cc1)=CC2=O. The van der Waals surface area contributed by atoms with Crippen molar-refractivity contribution in [3.8, 4) is 11.1 Å². The van der Waals surface area contributed by atoms with Crippen LogP contribution in [0.15, 0.2) is 54.6 Å². The fourth-order valence-corrected chi connectivity index (χ4v) is 3.46. The molecule has 0 radical (unpaired) electrons. The smallest absolute Gasteiger partial charge is 0.267 e. The number of benzene rings is 2. The van der Waals surface area contributed by atoms with Gasteiger partial charge in [-0.2, -0.15) is 5.10 Å². The van der Waals surface area contributed by atoms with Crippen molar-refractivity contribution in [2.45, 2.75) is 13.3 Å². The van der Waals surface area contributed by atoms with Gasteiger partial charge in [-0.25, -0.2) is 4.68 Å². The Hall–Kier alpha value is -3.25. The molecule has 0 unspecified atom stereocenters. The normalized spacial score (nSPS) is 13.3. The molecule has 0 N–H and O–H groups in total. The topological polar surface area (TPSA) is 78.0 Å². The molecule has 0 bridgehead atoms. The highest BCUT2D eigenvalue weighted by Gasteiger charge is 2.25. The summed E-state index contributed by atoms with van der Waals surface area (Å²) >= 11 is 5.99. The van der Waals surface area contributed by atoms with Gasteiger partial charge in [0.1, 0.15) is 0 Å². The van der Waals surface area contributed by atoms with Crippen LogP contribution in [0.1, 0.15) is 21.7 Å². The molecule has 27 heavy (non-hydrogen) atoms. The van der Waals surface area contributed by atoms with E-state index in [1.165, 1.54) is 22.9 Å². The molecule has 0 spiro atoms. The van der Waals surface area contributed by atoms with Crippen LogP contribution in [0.25, 0.3) is 16.7 Å². The number of aromatic nitrogens is 2. The van der Waals surface area contributed by atoms with Crippen LogP contribution in [0.2, 0.25) is 5.02 Å². The van der Waals surface area contributed by atoms with Crippen LogP contribution in [0.5, 0.6) is 0 Å². The van der Waals surface area contributed by atoms with Gasteiger partial charge in [0.15, 0.2) is 0 Å². The molecular formula is C20H14ClN3O3. The summed E-state index contributed by atoms with van der Waals surface area (Å²) in [5, 5.41) is 15.9. The van der Waals surface area contributed by atoms with Crippen LogP contribution in [0.3, 0.4) is 0 Å². The summed E-state index contributed by atoms with van der Waals surface area (Å²) < 4.78 is 1.42. The van der Waals surface area contributed by atoms with Crippen molar-refractivity contribution >= 4 is 28.8 Å². The number of nitro groups is 1. The summed E-state index contributed by atoms with van der Waals surface area (Å²) in [7, 11) is 0. The number of nitro benzene ring substituents is 1. The van der Waals surface area contributed by atoms with Gasteiger partial charge in [-0.3, -0.25) is 14.9 Å². The molecule has 0 atom stereocenters. The summed E-state index contributed by atoms with van der Waals surface area (Å²) in [6, 6.07) is 13.6. The number of hydrogen-bond acceptors (Lipinski definition) is 4. The second-order valence-electron chi connectivity index (χ2n) is 6.31. The molecule has 4 rings (SSSR count). The lowest BCUT2D eigenvalue weighted by atomic mass is 9.93. The maximum Gasteiger partial charge on any atom is 0.271 e. The number of carbonyl (C=O) groups is 1. The Morgan fingerprint density at radius 1 is 1.07 bits per heavy atom. The van der Waals surface area contributed by atoms with Gasteiger partial charge in [0.05, 0.1) is 16.3 Å². The Labute approximate surface area is 159 Å². The number of nitrogens with zero attached hydrogens (tertiary/aromatic N) is 3. The fourth-order valence-electron chi connectivity index (χ4n) is 3.34. The third-order valence-corrected chi connectivity index (χ3v) is 4.85. The number of non-ortho nitro benzene ring substituents is 1. The molecule has 0 aliphatic carbocycles. The summed E-state index contributed by atoms with van der Waals surface area (Å²) in [6.45, 7) is 1.87. The van der Waals surface area contributed by atoms with Crippen molar-refractivity contribution in [3.05, 3.63) is 86.7 Å². The third kappa shape index (κ3) is 3.04. The van der Waals surface area contributed by atoms with Crippen LogP contribution < -0.4 is 0 Å². The first kappa shape index (κ1) is 17.2. The zero-order valence-electron chi connectivity index (χ0n) is 14.3. The Balaban J connectivity index is 1.76. The molecular weight excluding hydrogens is 366 g/mol. The number of halogens is 1. The first-order valence-corrected chi connectivity index (χ1v) is 8.66. The number of fused-ring (bicyclic) bond motifs is 1. The van der Waals surface area contributed by atoms with E-state index in [1.54, 1.807) is 24.3 Å². The molecule has 134 valence electrons. The standard InChI is InChI=1S/C20H14ClN3O3/c1-12-20(14-2-6-16(21)7-3-14)18-10-15(11-19(25)23(18)22-12)13-4-8-17(9-5-13)24(26)27/h2-9,11H,10H2,1H3. The summed E-state index contributed by atoms with van der Waals surface area (Å²) in [6.07, 6.45) is 2.04. The van der Waals surface area contributed by atoms with Gasteiger partial charge in [0.25, 0.3) is 11.6 Å². The third-order valence-electron chi connectivity index (χ3n) is 4.60. The summed E-state index contributed by atoms with van der Waals surface area (Å²) in [5.74, 6) is -0.229. The molecule has 0 saturated heterocycles. The monoisotopic (exact) mass is 379 g/mol. The van der Waals surface area contributed by atoms with Crippen molar-refractivity contribution in [1.82, 2.24) is 9.78 Å². The maximum absolute atomic E-state index is 12.6. The van der Waals surface area contributed by atoms with E-state index < -0.39 is 4.92 Å².